The average molecular weight is 934 g/mol. The van der Waals surface area contributed by atoms with E-state index in [4.69, 9.17) is 31.5 Å². The van der Waals surface area contributed by atoms with E-state index in [1.54, 1.807) is 65.5 Å². The van der Waals surface area contributed by atoms with Crippen molar-refractivity contribution in [3.05, 3.63) is 139 Å². The lowest BCUT2D eigenvalue weighted by molar-refractivity contribution is -0.160. The van der Waals surface area contributed by atoms with Crippen LogP contribution in [0, 0.1) is 0 Å². The molecule has 1 aromatic heterocycles. The van der Waals surface area contributed by atoms with Crippen molar-refractivity contribution in [2.75, 3.05) is 31.9 Å². The second-order valence-corrected chi connectivity index (χ2v) is 13.5. The van der Waals surface area contributed by atoms with Crippen LogP contribution in [0.15, 0.2) is 121 Å². The van der Waals surface area contributed by atoms with Crippen LogP contribution >= 0.6 is 34.3 Å². The summed E-state index contributed by atoms with van der Waals surface area (Å²) in [7, 11) is 0. The highest BCUT2D eigenvalue weighted by Crippen LogP contribution is 2.26. The number of hydrazone groups is 1. The van der Waals surface area contributed by atoms with E-state index in [2.05, 4.69) is 28.7 Å². The van der Waals surface area contributed by atoms with E-state index in [1.165, 1.54) is 41.8 Å². The second kappa shape index (κ2) is 22.4. The molecule has 0 radical (unpaired) electrons. The largest absolute Gasteiger partial charge is 0.490 e. The molecule has 0 aliphatic rings. The van der Waals surface area contributed by atoms with Crippen LogP contribution in [0.1, 0.15) is 38.3 Å². The maximum atomic E-state index is 13.3. The normalized spacial score (nSPS) is 11.2. The van der Waals surface area contributed by atoms with Gasteiger partial charge in [-0.15, -0.1) is 0 Å². The average Bonchev–Trinajstić information content (AvgIpc) is 3.68. The third-order valence-electron chi connectivity index (χ3n) is 7.86. The number of halogens is 1. The minimum Gasteiger partial charge on any atom is -0.490 e. The minimum atomic E-state index is -1.02. The maximum Gasteiger partial charge on any atom is 0.343 e. The molecule has 1 atom stereocenters. The summed E-state index contributed by atoms with van der Waals surface area (Å²) in [5.74, 6) is -2.17. The first-order chi connectivity index (χ1) is 28.6. The molecule has 17 heteroatoms. The summed E-state index contributed by atoms with van der Waals surface area (Å²) >= 11 is 3.19. The highest BCUT2D eigenvalue weighted by Gasteiger charge is 2.19. The quantitative estimate of drug-likeness (QED) is 0.0148. The van der Waals surface area contributed by atoms with Crippen molar-refractivity contribution in [1.29, 1.82) is 0 Å². The Balaban J connectivity index is 1.23. The van der Waals surface area contributed by atoms with Gasteiger partial charge in [0.1, 0.15) is 37.1 Å². The van der Waals surface area contributed by atoms with Gasteiger partial charge in [0.2, 0.25) is 5.13 Å². The number of carbonyl (C=O) groups excluding carboxylic acids is 5. The Morgan fingerprint density at radius 3 is 2.20 bits per heavy atom. The van der Waals surface area contributed by atoms with Gasteiger partial charge in [-0.05, 0) is 78.4 Å². The number of esters is 5. The summed E-state index contributed by atoms with van der Waals surface area (Å²) in [4.78, 5) is 65.6. The smallest absolute Gasteiger partial charge is 0.343 e. The zero-order valence-electron chi connectivity index (χ0n) is 31.2. The molecule has 0 saturated carbocycles. The second-order valence-electron chi connectivity index (χ2n) is 12.0. The fourth-order valence-electron chi connectivity index (χ4n) is 4.94. The Morgan fingerprint density at radius 1 is 0.797 bits per heavy atom. The summed E-state index contributed by atoms with van der Waals surface area (Å²) in [6.07, 6.45) is 2.53. The van der Waals surface area contributed by atoms with Crippen LogP contribution in [-0.4, -0.2) is 73.6 Å². The van der Waals surface area contributed by atoms with Crippen LogP contribution in [0.25, 0.3) is 10.2 Å². The number of nitrogens with one attached hydrogen (secondary N) is 1. The van der Waals surface area contributed by atoms with E-state index in [1.807, 2.05) is 24.3 Å². The zero-order valence-corrected chi connectivity index (χ0v) is 34.2. The molecule has 5 rings (SSSR count). The van der Waals surface area contributed by atoms with Gasteiger partial charge in [-0.25, -0.2) is 24.2 Å². The molecular formula is C42H36IN3O12S. The van der Waals surface area contributed by atoms with E-state index in [-0.39, 0.29) is 44.2 Å². The van der Waals surface area contributed by atoms with Gasteiger partial charge >= 0.3 is 29.8 Å². The fourth-order valence-corrected chi connectivity index (χ4v) is 6.04. The number of ether oxygens (including phenoxy) is 6. The number of hydrogen-bond donors (Lipinski definition) is 1. The predicted molar refractivity (Wildman–Crippen MR) is 226 cm³/mol. The lowest BCUT2D eigenvalue weighted by Gasteiger charge is -2.18. The summed E-state index contributed by atoms with van der Waals surface area (Å²) < 4.78 is 38.3. The van der Waals surface area contributed by atoms with Crippen LogP contribution in [0.2, 0.25) is 0 Å². The van der Waals surface area contributed by atoms with Gasteiger partial charge < -0.3 is 31.5 Å². The monoisotopic (exact) mass is 933 g/mol. The van der Waals surface area contributed by atoms with E-state index in [0.717, 1.165) is 27.9 Å². The van der Waals surface area contributed by atoms with Crippen molar-refractivity contribution in [3.63, 3.8) is 0 Å². The topological polar surface area (TPSA) is 187 Å². The van der Waals surface area contributed by atoms with Crippen molar-refractivity contribution in [2.45, 2.75) is 18.9 Å². The van der Waals surface area contributed by atoms with Gasteiger partial charge in [0.05, 0.1) is 40.6 Å². The summed E-state index contributed by atoms with van der Waals surface area (Å²) in [6, 6.07) is 25.4. The van der Waals surface area contributed by atoms with Crippen molar-refractivity contribution >= 4 is 85.8 Å². The number of rotatable bonds is 21. The van der Waals surface area contributed by atoms with Crippen LogP contribution < -0.4 is 18.0 Å². The Kier molecular flexibility index (Phi) is 16.5. The van der Waals surface area contributed by atoms with Gasteiger partial charge in [-0.2, -0.15) is 5.10 Å². The number of fused-ring (bicyclic) bond motifs is 1. The first kappa shape index (κ1) is 43.5. The first-order valence-electron chi connectivity index (χ1n) is 17.7. The number of carbonyl (C=O) groups is 5. The molecule has 0 aliphatic carbocycles. The van der Waals surface area contributed by atoms with E-state index >= 15 is 0 Å². The molecule has 1 N–H and O–H groups in total. The summed E-state index contributed by atoms with van der Waals surface area (Å²) in [6.45, 7) is 5.93. The van der Waals surface area contributed by atoms with E-state index < -0.39 is 36.0 Å². The minimum absolute atomic E-state index is 0.0911. The van der Waals surface area contributed by atoms with Gasteiger partial charge in [-0.3, -0.25) is 10.2 Å². The Bertz CT molecular complexity index is 2280. The Morgan fingerprint density at radius 2 is 1.49 bits per heavy atom. The maximum absolute atomic E-state index is 13.3. The third kappa shape index (κ3) is 13.8. The molecule has 0 fully saturated rings. The SMILES string of the molecule is C=CC(=O)OCCC(=O)OC(COC(=O)C=C)COc1ccc(C(=O)Oc2ccc(CCOC(=O)c3ccc(OI)cc3)cc2/C=N/Nc2nc3ccccc3s2)cc1. The molecule has 0 aliphatic heterocycles. The van der Waals surface area contributed by atoms with Gasteiger partial charge in [-0.1, -0.05) is 42.7 Å². The number of anilines is 1. The molecule has 0 bridgehead atoms. The molecule has 1 unspecified atom stereocenters. The Labute approximate surface area is 356 Å². The van der Waals surface area contributed by atoms with Gasteiger partial charge in [0.25, 0.3) is 0 Å². The van der Waals surface area contributed by atoms with Crippen molar-refractivity contribution < 1.29 is 55.5 Å². The number of hydrogen-bond acceptors (Lipinski definition) is 16. The van der Waals surface area contributed by atoms with Crippen molar-refractivity contribution in [1.82, 2.24) is 4.98 Å². The van der Waals surface area contributed by atoms with Gasteiger partial charge in [0.15, 0.2) is 29.1 Å². The molecule has 0 amide bonds. The molecule has 4 aromatic carbocycles. The van der Waals surface area contributed by atoms with Crippen LogP contribution in [0.5, 0.6) is 17.2 Å². The standard InChI is InChI=1S/C42H36IN3O12S/c1-3-37(47)52-22-20-39(49)56-33(26-55-38(48)4-2)25-54-31-14-10-29(11-15-31)41(51)57-35-18-9-27(19-21-53-40(50)28-12-16-32(58-43)17-13-28)23-30(35)24-44-46-42-45-34-7-5-6-8-36(34)59-42/h3-18,23-24,33H,1-2,19-22,25-26H2,(H,45,46)/b44-24+. The van der Waals surface area contributed by atoms with Crippen LogP contribution in [-0.2, 0) is 39.8 Å². The molecule has 0 saturated heterocycles. The van der Waals surface area contributed by atoms with Crippen LogP contribution in [0.4, 0.5) is 5.13 Å². The first-order valence-corrected chi connectivity index (χ1v) is 19.4. The fraction of sp³-hybridized carbons (Fsp3) is 0.167. The van der Waals surface area contributed by atoms with Gasteiger partial charge in [0, 0.05) is 24.1 Å². The highest BCUT2D eigenvalue weighted by atomic mass is 127. The molecule has 1 heterocycles. The molecular weight excluding hydrogens is 897 g/mol. The predicted octanol–water partition coefficient (Wildman–Crippen LogP) is 7.23. The molecule has 15 nitrogen and oxygen atoms in total. The molecule has 0 spiro atoms. The number of benzene rings is 4. The Hall–Kier alpha value is -6.60. The third-order valence-corrected chi connectivity index (χ3v) is 9.31. The lowest BCUT2D eigenvalue weighted by atomic mass is 10.1. The number of para-hydroxylation sites is 1. The summed E-state index contributed by atoms with van der Waals surface area (Å²) in [5, 5.41) is 4.92. The van der Waals surface area contributed by atoms with Crippen LogP contribution in [0.3, 0.4) is 0 Å². The molecule has 304 valence electrons. The number of aromatic nitrogens is 1. The zero-order chi connectivity index (χ0) is 42.0. The number of thiazole rings is 1. The molecule has 59 heavy (non-hydrogen) atoms. The summed E-state index contributed by atoms with van der Waals surface area (Å²) in [5.41, 5.74) is 5.58. The van der Waals surface area contributed by atoms with Crippen molar-refractivity contribution in [2.24, 2.45) is 5.10 Å². The lowest BCUT2D eigenvalue weighted by Crippen LogP contribution is -2.31. The number of nitrogens with zero attached hydrogens (tertiary/aromatic N) is 2. The highest BCUT2D eigenvalue weighted by molar-refractivity contribution is 14.1. The van der Waals surface area contributed by atoms with E-state index in [0.29, 0.717) is 34.2 Å². The van der Waals surface area contributed by atoms with E-state index in [9.17, 15) is 24.0 Å². The molecule has 5 aromatic rings. The van der Waals surface area contributed by atoms with Crippen molar-refractivity contribution in [3.8, 4) is 17.2 Å².